The maximum atomic E-state index is 5.49. The monoisotopic (exact) mass is 310 g/mol. The first-order valence-electron chi connectivity index (χ1n) is 6.29. The Hall–Kier alpha value is -1.06. The number of alkyl halides is 2. The summed E-state index contributed by atoms with van der Waals surface area (Å²) in [6.45, 7) is 1.08. The molecular formula is C16H16Cl2O2. The highest BCUT2D eigenvalue weighted by Gasteiger charge is 1.99. The van der Waals surface area contributed by atoms with Crippen molar-refractivity contribution in [2.75, 3.05) is 12.1 Å². The van der Waals surface area contributed by atoms with Crippen LogP contribution in [0.1, 0.15) is 11.1 Å². The molecule has 0 N–H and O–H groups in total. The Bertz CT molecular complexity index is 460. The molecule has 0 amide bonds. The van der Waals surface area contributed by atoms with Crippen molar-refractivity contribution in [2.45, 2.75) is 13.2 Å². The van der Waals surface area contributed by atoms with Crippen molar-refractivity contribution < 1.29 is 9.47 Å². The lowest BCUT2D eigenvalue weighted by atomic mass is 10.0. The fourth-order valence-corrected chi connectivity index (χ4v) is 2.05. The summed E-state index contributed by atoms with van der Waals surface area (Å²) in [5.41, 5.74) is 4.57. The number of halogens is 2. The zero-order valence-electron chi connectivity index (χ0n) is 11.0. The quantitative estimate of drug-likeness (QED) is 0.685. The van der Waals surface area contributed by atoms with Crippen molar-refractivity contribution in [2.24, 2.45) is 0 Å². The Morgan fingerprint density at radius 3 is 1.25 bits per heavy atom. The second-order valence-electron chi connectivity index (χ2n) is 4.31. The van der Waals surface area contributed by atoms with Crippen molar-refractivity contribution in [3.8, 4) is 11.1 Å². The van der Waals surface area contributed by atoms with E-state index in [0.717, 1.165) is 11.1 Å². The smallest absolute Gasteiger partial charge is 0.121 e. The van der Waals surface area contributed by atoms with Gasteiger partial charge in [-0.3, -0.25) is 0 Å². The molecule has 2 nitrogen and oxygen atoms in total. The van der Waals surface area contributed by atoms with Crippen molar-refractivity contribution in [3.63, 3.8) is 0 Å². The molecule has 0 aliphatic heterocycles. The molecule has 0 aliphatic carbocycles. The van der Waals surface area contributed by atoms with Gasteiger partial charge < -0.3 is 9.47 Å². The molecule has 0 unspecified atom stereocenters. The summed E-state index contributed by atoms with van der Waals surface area (Å²) in [6.07, 6.45) is 0. The van der Waals surface area contributed by atoms with E-state index in [-0.39, 0.29) is 12.1 Å². The minimum Gasteiger partial charge on any atom is -0.361 e. The van der Waals surface area contributed by atoms with Crippen molar-refractivity contribution in [3.05, 3.63) is 59.7 Å². The maximum Gasteiger partial charge on any atom is 0.121 e. The third-order valence-corrected chi connectivity index (χ3v) is 3.24. The van der Waals surface area contributed by atoms with E-state index in [1.54, 1.807) is 0 Å². The standard InChI is InChI=1S/C16H16Cl2O2/c17-11-19-9-13-1-5-15(6-2-13)16-7-3-14(4-8-16)10-20-12-18/h1-8H,9-12H2. The summed E-state index contributed by atoms with van der Waals surface area (Å²) in [6, 6.07) is 16.9. The van der Waals surface area contributed by atoms with Crippen LogP contribution in [0.15, 0.2) is 48.5 Å². The highest BCUT2D eigenvalue weighted by Crippen LogP contribution is 2.21. The van der Waals surface area contributed by atoms with Crippen molar-refractivity contribution in [1.29, 1.82) is 0 Å². The van der Waals surface area contributed by atoms with Gasteiger partial charge >= 0.3 is 0 Å². The summed E-state index contributed by atoms with van der Waals surface area (Å²) in [5.74, 6) is 0. The molecule has 0 atom stereocenters. The maximum absolute atomic E-state index is 5.49. The van der Waals surface area contributed by atoms with Crippen LogP contribution >= 0.6 is 23.2 Å². The Labute approximate surface area is 129 Å². The number of hydrogen-bond donors (Lipinski definition) is 0. The Morgan fingerprint density at radius 1 is 0.600 bits per heavy atom. The van der Waals surface area contributed by atoms with Crippen LogP contribution in [-0.2, 0) is 22.7 Å². The molecule has 4 heteroatoms. The molecule has 2 aromatic carbocycles. The second kappa shape index (κ2) is 8.28. The molecule has 0 spiro atoms. The van der Waals surface area contributed by atoms with Crippen LogP contribution in [-0.4, -0.2) is 12.1 Å². The van der Waals surface area contributed by atoms with Gasteiger partial charge in [-0.2, -0.15) is 0 Å². The van der Waals surface area contributed by atoms with Crippen LogP contribution in [0.5, 0.6) is 0 Å². The molecule has 0 heterocycles. The SMILES string of the molecule is ClCOCc1ccc(-c2ccc(COCCl)cc2)cc1. The van der Waals surface area contributed by atoms with E-state index in [4.69, 9.17) is 32.7 Å². The van der Waals surface area contributed by atoms with E-state index >= 15 is 0 Å². The first-order chi connectivity index (χ1) is 9.83. The van der Waals surface area contributed by atoms with E-state index in [0.29, 0.717) is 13.2 Å². The molecule has 0 aliphatic rings. The first-order valence-corrected chi connectivity index (χ1v) is 7.36. The molecule has 0 fully saturated rings. The molecular weight excluding hydrogens is 295 g/mol. The fourth-order valence-electron chi connectivity index (χ4n) is 1.90. The lowest BCUT2D eigenvalue weighted by Gasteiger charge is -2.06. The van der Waals surface area contributed by atoms with Crippen LogP contribution < -0.4 is 0 Å². The van der Waals surface area contributed by atoms with Crippen LogP contribution in [0.25, 0.3) is 11.1 Å². The van der Waals surface area contributed by atoms with Crippen LogP contribution in [0.4, 0.5) is 0 Å². The van der Waals surface area contributed by atoms with E-state index in [1.807, 2.05) is 24.3 Å². The second-order valence-corrected chi connectivity index (χ2v) is 4.75. The molecule has 20 heavy (non-hydrogen) atoms. The fraction of sp³-hybridized carbons (Fsp3) is 0.250. The van der Waals surface area contributed by atoms with Crippen LogP contribution in [0.3, 0.4) is 0 Å². The molecule has 0 aromatic heterocycles. The third kappa shape index (κ3) is 4.50. The topological polar surface area (TPSA) is 18.5 Å². The number of ether oxygens (including phenoxy) is 2. The lowest BCUT2D eigenvalue weighted by Crippen LogP contribution is -1.91. The molecule has 0 saturated heterocycles. The van der Waals surface area contributed by atoms with Gasteiger partial charge in [0.25, 0.3) is 0 Å². The highest BCUT2D eigenvalue weighted by atomic mass is 35.5. The molecule has 2 aromatic rings. The Kier molecular flexibility index (Phi) is 6.34. The Balaban J connectivity index is 2.03. The van der Waals surface area contributed by atoms with E-state index in [9.17, 15) is 0 Å². The van der Waals surface area contributed by atoms with E-state index < -0.39 is 0 Å². The third-order valence-electron chi connectivity index (χ3n) is 2.93. The van der Waals surface area contributed by atoms with E-state index in [2.05, 4.69) is 24.3 Å². The van der Waals surface area contributed by atoms with Gasteiger partial charge in [0.15, 0.2) is 0 Å². The summed E-state index contributed by atoms with van der Waals surface area (Å²) in [7, 11) is 0. The van der Waals surface area contributed by atoms with Crippen molar-refractivity contribution >= 4 is 23.2 Å². The average Bonchev–Trinajstić information content (AvgIpc) is 2.52. The summed E-state index contributed by atoms with van der Waals surface area (Å²) >= 11 is 11.0. The van der Waals surface area contributed by atoms with Gasteiger partial charge in [-0.25, -0.2) is 0 Å². The van der Waals surface area contributed by atoms with E-state index in [1.165, 1.54) is 11.1 Å². The summed E-state index contributed by atoms with van der Waals surface area (Å²) in [4.78, 5) is 0. The largest absolute Gasteiger partial charge is 0.361 e. The predicted molar refractivity (Wildman–Crippen MR) is 82.9 cm³/mol. The summed E-state index contributed by atoms with van der Waals surface area (Å²) in [5, 5.41) is 0. The molecule has 106 valence electrons. The van der Waals surface area contributed by atoms with Gasteiger partial charge in [0.1, 0.15) is 12.1 Å². The predicted octanol–water partition coefficient (Wildman–Crippen LogP) is 4.78. The zero-order chi connectivity index (χ0) is 14.2. The first kappa shape index (κ1) is 15.3. The number of rotatable bonds is 7. The van der Waals surface area contributed by atoms with Crippen LogP contribution in [0.2, 0.25) is 0 Å². The van der Waals surface area contributed by atoms with Gasteiger partial charge in [0, 0.05) is 0 Å². The molecule has 2 rings (SSSR count). The molecule has 0 radical (unpaired) electrons. The summed E-state index contributed by atoms with van der Waals surface area (Å²) < 4.78 is 10.3. The number of hydrogen-bond acceptors (Lipinski definition) is 2. The lowest BCUT2D eigenvalue weighted by molar-refractivity contribution is 0.165. The van der Waals surface area contributed by atoms with Gasteiger partial charge in [-0.1, -0.05) is 71.7 Å². The van der Waals surface area contributed by atoms with Gasteiger partial charge in [-0.05, 0) is 22.3 Å². The van der Waals surface area contributed by atoms with Gasteiger partial charge in [-0.15, -0.1) is 0 Å². The molecule has 0 bridgehead atoms. The minimum absolute atomic E-state index is 0.216. The van der Waals surface area contributed by atoms with Gasteiger partial charge in [0.2, 0.25) is 0 Å². The van der Waals surface area contributed by atoms with Crippen LogP contribution in [0, 0.1) is 0 Å². The molecule has 0 saturated carbocycles. The highest BCUT2D eigenvalue weighted by molar-refractivity contribution is 6.17. The minimum atomic E-state index is 0.216. The van der Waals surface area contributed by atoms with Gasteiger partial charge in [0.05, 0.1) is 13.2 Å². The number of benzene rings is 2. The van der Waals surface area contributed by atoms with Crippen molar-refractivity contribution in [1.82, 2.24) is 0 Å². The zero-order valence-corrected chi connectivity index (χ0v) is 12.5. The average molecular weight is 311 g/mol. The Morgan fingerprint density at radius 2 is 0.950 bits per heavy atom. The normalized spacial score (nSPS) is 10.7.